The fourth-order valence-corrected chi connectivity index (χ4v) is 3.99. The second-order valence-corrected chi connectivity index (χ2v) is 7.56. The number of nitrogens with one attached hydrogen (secondary N) is 1. The Morgan fingerprint density at radius 3 is 2.71 bits per heavy atom. The SMILES string of the molecule is CCc1nnc(NS(=O)(=O)c2ccc(C(N)=S)c(Cl)c2)s1. The van der Waals surface area contributed by atoms with Gasteiger partial charge in [0.05, 0.1) is 9.92 Å². The molecular weight excluding hydrogens is 352 g/mol. The number of nitrogens with two attached hydrogens (primary N) is 1. The molecular formula is C11H11ClN4O2S3. The summed E-state index contributed by atoms with van der Waals surface area (Å²) >= 11 is 12.0. The zero-order valence-electron chi connectivity index (χ0n) is 10.8. The van der Waals surface area contributed by atoms with Gasteiger partial charge in [-0.15, -0.1) is 10.2 Å². The van der Waals surface area contributed by atoms with Crippen LogP contribution in [0.2, 0.25) is 5.02 Å². The first-order valence-corrected chi connectivity index (χ1v) is 8.86. The maximum Gasteiger partial charge on any atom is 0.263 e. The third-order valence-corrected chi connectivity index (χ3v) is 5.49. The molecule has 6 nitrogen and oxygen atoms in total. The highest BCUT2D eigenvalue weighted by atomic mass is 35.5. The van der Waals surface area contributed by atoms with Gasteiger partial charge in [0, 0.05) is 5.56 Å². The quantitative estimate of drug-likeness (QED) is 0.791. The number of aromatic nitrogens is 2. The average molecular weight is 363 g/mol. The molecule has 2 rings (SSSR count). The summed E-state index contributed by atoms with van der Waals surface area (Å²) in [7, 11) is -3.78. The van der Waals surface area contributed by atoms with E-state index in [4.69, 9.17) is 29.6 Å². The molecule has 0 aliphatic rings. The second kappa shape index (κ2) is 6.22. The molecule has 0 radical (unpaired) electrons. The Bertz CT molecular complexity index is 789. The molecule has 0 aliphatic carbocycles. The van der Waals surface area contributed by atoms with Crippen LogP contribution in [0.4, 0.5) is 5.13 Å². The normalized spacial score (nSPS) is 11.3. The van der Waals surface area contributed by atoms with E-state index in [2.05, 4.69) is 14.9 Å². The van der Waals surface area contributed by atoms with Gasteiger partial charge in [-0.2, -0.15) is 0 Å². The molecule has 0 unspecified atom stereocenters. The van der Waals surface area contributed by atoms with Gasteiger partial charge in [-0.3, -0.25) is 4.72 Å². The number of anilines is 1. The summed E-state index contributed by atoms with van der Waals surface area (Å²) in [6.07, 6.45) is 0.688. The number of hydrogen-bond acceptors (Lipinski definition) is 6. The lowest BCUT2D eigenvalue weighted by Crippen LogP contribution is -2.14. The standard InChI is InChI=1S/C11H11ClN4O2S3/c1-2-9-14-15-11(20-9)16-21(17,18)6-3-4-7(10(13)19)8(12)5-6/h3-5H,2H2,1H3,(H2,13,19)(H,15,16). The molecule has 0 saturated heterocycles. The summed E-state index contributed by atoms with van der Waals surface area (Å²) in [6, 6.07) is 4.14. The topological polar surface area (TPSA) is 98.0 Å². The zero-order valence-corrected chi connectivity index (χ0v) is 14.0. The van der Waals surface area contributed by atoms with Crippen LogP contribution in [0.5, 0.6) is 0 Å². The lowest BCUT2D eigenvalue weighted by atomic mass is 10.2. The molecule has 0 bridgehead atoms. The first kappa shape index (κ1) is 16.1. The number of sulfonamides is 1. The molecule has 3 N–H and O–H groups in total. The van der Waals surface area contributed by atoms with E-state index >= 15 is 0 Å². The van der Waals surface area contributed by atoms with Gasteiger partial charge in [0.2, 0.25) is 5.13 Å². The van der Waals surface area contributed by atoms with Crippen molar-refractivity contribution < 1.29 is 8.42 Å². The predicted molar refractivity (Wildman–Crippen MR) is 87.4 cm³/mol. The molecule has 0 fully saturated rings. The van der Waals surface area contributed by atoms with E-state index < -0.39 is 10.0 Å². The molecule has 1 aromatic heterocycles. The highest BCUT2D eigenvalue weighted by Gasteiger charge is 2.18. The van der Waals surface area contributed by atoms with Crippen LogP contribution in [0, 0.1) is 0 Å². The van der Waals surface area contributed by atoms with Crippen LogP contribution in [-0.4, -0.2) is 23.6 Å². The third kappa shape index (κ3) is 3.67. The summed E-state index contributed by atoms with van der Waals surface area (Å²) in [4.78, 5) is 0.106. The van der Waals surface area contributed by atoms with Crippen molar-refractivity contribution in [1.82, 2.24) is 10.2 Å². The Morgan fingerprint density at radius 2 is 2.19 bits per heavy atom. The minimum atomic E-state index is -3.78. The van der Waals surface area contributed by atoms with Gasteiger partial charge in [-0.05, 0) is 24.6 Å². The van der Waals surface area contributed by atoms with Crippen molar-refractivity contribution in [2.75, 3.05) is 4.72 Å². The summed E-state index contributed by atoms with van der Waals surface area (Å²) in [5, 5.41) is 8.75. The van der Waals surface area contributed by atoms with Gasteiger partial charge >= 0.3 is 0 Å². The number of aryl methyl sites for hydroxylation is 1. The van der Waals surface area contributed by atoms with Crippen LogP contribution < -0.4 is 10.5 Å². The number of rotatable bonds is 5. The minimum absolute atomic E-state index is 0.000693. The van der Waals surface area contributed by atoms with E-state index in [1.54, 1.807) is 0 Å². The monoisotopic (exact) mass is 362 g/mol. The Kier molecular flexibility index (Phi) is 4.77. The zero-order chi connectivity index (χ0) is 15.6. The van der Waals surface area contributed by atoms with Gasteiger partial charge in [0.15, 0.2) is 0 Å². The Hall–Kier alpha value is -1.29. The summed E-state index contributed by atoms with van der Waals surface area (Å²) in [5.74, 6) is 0. The minimum Gasteiger partial charge on any atom is -0.389 e. The van der Waals surface area contributed by atoms with E-state index in [-0.39, 0.29) is 20.0 Å². The number of benzene rings is 1. The Morgan fingerprint density at radius 1 is 1.48 bits per heavy atom. The van der Waals surface area contributed by atoms with Crippen LogP contribution in [0.15, 0.2) is 23.1 Å². The lowest BCUT2D eigenvalue weighted by molar-refractivity contribution is 0.601. The van der Waals surface area contributed by atoms with Crippen molar-refractivity contribution in [1.29, 1.82) is 0 Å². The van der Waals surface area contributed by atoms with Gasteiger partial charge in [-0.1, -0.05) is 42.1 Å². The molecule has 10 heteroatoms. The van der Waals surface area contributed by atoms with Crippen LogP contribution >= 0.6 is 35.2 Å². The second-order valence-electron chi connectivity index (χ2n) is 3.97. The van der Waals surface area contributed by atoms with Gasteiger partial charge in [0.1, 0.15) is 10.00 Å². The van der Waals surface area contributed by atoms with E-state index in [0.717, 1.165) is 5.01 Å². The molecule has 1 heterocycles. The van der Waals surface area contributed by atoms with Crippen LogP contribution in [0.1, 0.15) is 17.5 Å². The highest BCUT2D eigenvalue weighted by Crippen LogP contribution is 2.24. The van der Waals surface area contributed by atoms with Crippen LogP contribution in [-0.2, 0) is 16.4 Å². The molecule has 0 amide bonds. The van der Waals surface area contributed by atoms with Crippen molar-refractivity contribution in [3.05, 3.63) is 33.8 Å². The van der Waals surface area contributed by atoms with Gasteiger partial charge in [-0.25, -0.2) is 8.42 Å². The molecule has 1 aromatic carbocycles. The third-order valence-electron chi connectivity index (χ3n) is 2.51. The fraction of sp³-hybridized carbons (Fsp3) is 0.182. The van der Waals surface area contributed by atoms with Gasteiger partial charge < -0.3 is 5.73 Å². The molecule has 0 atom stereocenters. The molecule has 21 heavy (non-hydrogen) atoms. The molecule has 0 aliphatic heterocycles. The largest absolute Gasteiger partial charge is 0.389 e. The summed E-state index contributed by atoms with van der Waals surface area (Å²) < 4.78 is 26.8. The van der Waals surface area contributed by atoms with Crippen molar-refractivity contribution >= 4 is 55.3 Å². The number of halogens is 1. The van der Waals surface area contributed by atoms with E-state index in [1.165, 1.54) is 29.5 Å². The number of nitrogens with zero attached hydrogens (tertiary/aromatic N) is 2. The Labute approximate surface area is 136 Å². The average Bonchev–Trinajstić information content (AvgIpc) is 2.85. The van der Waals surface area contributed by atoms with E-state index in [0.29, 0.717) is 12.0 Å². The molecule has 2 aromatic rings. The lowest BCUT2D eigenvalue weighted by Gasteiger charge is -2.07. The van der Waals surface area contributed by atoms with Crippen LogP contribution in [0.25, 0.3) is 0 Å². The van der Waals surface area contributed by atoms with Crippen LogP contribution in [0.3, 0.4) is 0 Å². The number of thiocarbonyl (C=S) groups is 1. The first-order chi connectivity index (χ1) is 9.83. The molecule has 0 saturated carbocycles. The fourth-order valence-electron chi connectivity index (χ4n) is 1.47. The predicted octanol–water partition coefficient (Wildman–Crippen LogP) is 2.19. The molecule has 112 valence electrons. The maximum absolute atomic E-state index is 12.2. The molecule has 0 spiro atoms. The van der Waals surface area contributed by atoms with Crippen molar-refractivity contribution in [3.8, 4) is 0 Å². The smallest absolute Gasteiger partial charge is 0.263 e. The van der Waals surface area contributed by atoms with Crippen molar-refractivity contribution in [2.24, 2.45) is 5.73 Å². The van der Waals surface area contributed by atoms with E-state index in [1.807, 2.05) is 6.92 Å². The maximum atomic E-state index is 12.2. The number of hydrogen-bond donors (Lipinski definition) is 2. The highest BCUT2D eigenvalue weighted by molar-refractivity contribution is 7.93. The van der Waals surface area contributed by atoms with Gasteiger partial charge in [0.25, 0.3) is 10.0 Å². The summed E-state index contributed by atoms with van der Waals surface area (Å²) in [6.45, 7) is 1.91. The van der Waals surface area contributed by atoms with Crippen molar-refractivity contribution in [3.63, 3.8) is 0 Å². The first-order valence-electron chi connectivity index (χ1n) is 5.78. The van der Waals surface area contributed by atoms with Crippen molar-refractivity contribution in [2.45, 2.75) is 18.2 Å². The summed E-state index contributed by atoms with van der Waals surface area (Å²) in [5.41, 5.74) is 5.91. The van der Waals surface area contributed by atoms with E-state index in [9.17, 15) is 8.42 Å². The Balaban J connectivity index is 2.31.